The molecule has 4 heterocycles. The first-order valence-corrected chi connectivity index (χ1v) is 12.6. The van der Waals surface area contributed by atoms with Crippen molar-refractivity contribution in [1.82, 2.24) is 44.5 Å². The van der Waals surface area contributed by atoms with Crippen LogP contribution in [0.5, 0.6) is 0 Å². The Balaban J connectivity index is 1.49. The third kappa shape index (κ3) is 4.74. The highest BCUT2D eigenvalue weighted by atomic mass is 16.1. The summed E-state index contributed by atoms with van der Waals surface area (Å²) in [7, 11) is 0. The lowest BCUT2D eigenvalue weighted by molar-refractivity contribution is 0.518. The fourth-order valence-electron chi connectivity index (χ4n) is 4.57. The van der Waals surface area contributed by atoms with E-state index in [1.54, 1.807) is 4.57 Å². The Morgan fingerprint density at radius 1 is 1.05 bits per heavy atom. The molecule has 5 rings (SSSR count). The second-order valence-electron chi connectivity index (χ2n) is 9.50. The number of aromatic amines is 1. The van der Waals surface area contributed by atoms with Crippen molar-refractivity contribution in [2.24, 2.45) is 0 Å². The minimum Gasteiger partial charge on any atom is -0.292 e. The first kappa shape index (κ1) is 24.4. The Morgan fingerprint density at radius 3 is 2.54 bits per heavy atom. The normalized spacial score (nSPS) is 11.5. The van der Waals surface area contributed by atoms with Gasteiger partial charge in [0.15, 0.2) is 5.82 Å². The summed E-state index contributed by atoms with van der Waals surface area (Å²) in [6.07, 6.45) is 8.53. The smallest absolute Gasteiger partial charge is 0.292 e. The van der Waals surface area contributed by atoms with E-state index in [0.717, 1.165) is 58.7 Å². The van der Waals surface area contributed by atoms with E-state index in [4.69, 9.17) is 4.98 Å². The van der Waals surface area contributed by atoms with E-state index in [2.05, 4.69) is 46.5 Å². The van der Waals surface area contributed by atoms with Crippen LogP contribution in [0.3, 0.4) is 0 Å². The van der Waals surface area contributed by atoms with Gasteiger partial charge in [0.1, 0.15) is 5.82 Å². The zero-order valence-electron chi connectivity index (χ0n) is 21.6. The molecule has 190 valence electrons. The molecule has 10 heteroatoms. The first-order valence-electron chi connectivity index (χ1n) is 12.6. The van der Waals surface area contributed by atoms with Crippen LogP contribution in [0.4, 0.5) is 0 Å². The molecule has 0 fully saturated rings. The van der Waals surface area contributed by atoms with Crippen molar-refractivity contribution in [3.05, 3.63) is 82.3 Å². The minimum atomic E-state index is -0.0659. The van der Waals surface area contributed by atoms with Gasteiger partial charge in [-0.05, 0) is 55.7 Å². The van der Waals surface area contributed by atoms with Crippen LogP contribution in [-0.2, 0) is 13.0 Å². The summed E-state index contributed by atoms with van der Waals surface area (Å²) >= 11 is 0. The van der Waals surface area contributed by atoms with E-state index in [9.17, 15) is 4.79 Å². The molecule has 0 saturated heterocycles. The van der Waals surface area contributed by atoms with Gasteiger partial charge < -0.3 is 0 Å². The summed E-state index contributed by atoms with van der Waals surface area (Å²) in [5, 5.41) is 18.8. The first-order chi connectivity index (χ1) is 18.0. The molecule has 0 saturated carbocycles. The average molecular weight is 498 g/mol. The highest BCUT2D eigenvalue weighted by molar-refractivity contribution is 5.78. The molecule has 37 heavy (non-hydrogen) atoms. The minimum absolute atomic E-state index is 0.0659. The van der Waals surface area contributed by atoms with Crippen molar-refractivity contribution in [2.75, 3.05) is 0 Å². The molecule has 5 aromatic rings. The number of pyridine rings is 1. The summed E-state index contributed by atoms with van der Waals surface area (Å²) in [4.78, 5) is 18.4. The number of nitrogens with one attached hydrogen (secondary N) is 1. The van der Waals surface area contributed by atoms with E-state index in [-0.39, 0.29) is 11.7 Å². The number of imidazole rings is 1. The number of rotatable bonds is 9. The standard InChI is InChI=1S/C27H31N9O/c1-5-6-9-21-17-35(26-19(4)14-29-36(26)18(2)3)27(37)34(21)16-20-12-13-24(28-15-20)22-10-7-8-11-23(22)25-30-32-33-31-25/h7-8,10-15,17-18H,5-6,9,16H2,1-4H3,(H,30,31,32,33). The van der Waals surface area contributed by atoms with E-state index in [1.807, 2.05) is 71.2 Å². The van der Waals surface area contributed by atoms with E-state index in [0.29, 0.717) is 12.4 Å². The number of aromatic nitrogens is 9. The van der Waals surface area contributed by atoms with Crippen LogP contribution in [-0.4, -0.2) is 44.5 Å². The number of unbranched alkanes of at least 4 members (excludes halogenated alkanes) is 1. The van der Waals surface area contributed by atoms with Crippen LogP contribution >= 0.6 is 0 Å². The predicted molar refractivity (Wildman–Crippen MR) is 141 cm³/mol. The maximum absolute atomic E-state index is 13.7. The Hall–Kier alpha value is -4.34. The summed E-state index contributed by atoms with van der Waals surface area (Å²) in [6, 6.07) is 12.0. The topological polar surface area (TPSA) is 112 Å². The number of nitrogens with zero attached hydrogens (tertiary/aromatic N) is 8. The summed E-state index contributed by atoms with van der Waals surface area (Å²) in [5.74, 6) is 1.41. The largest absolute Gasteiger partial charge is 0.334 e. The lowest BCUT2D eigenvalue weighted by Crippen LogP contribution is -2.27. The van der Waals surface area contributed by atoms with Crippen molar-refractivity contribution in [3.63, 3.8) is 0 Å². The fourth-order valence-corrected chi connectivity index (χ4v) is 4.57. The summed E-state index contributed by atoms with van der Waals surface area (Å²) in [6.45, 7) is 8.74. The van der Waals surface area contributed by atoms with Crippen LogP contribution in [0.1, 0.15) is 56.5 Å². The molecule has 0 spiro atoms. The molecule has 10 nitrogen and oxygen atoms in total. The monoisotopic (exact) mass is 497 g/mol. The molecule has 0 aliphatic heterocycles. The third-order valence-corrected chi connectivity index (χ3v) is 6.48. The molecule has 0 aliphatic rings. The van der Waals surface area contributed by atoms with Gasteiger partial charge >= 0.3 is 5.69 Å². The summed E-state index contributed by atoms with van der Waals surface area (Å²) < 4.78 is 5.51. The molecule has 0 radical (unpaired) electrons. The van der Waals surface area contributed by atoms with Crippen molar-refractivity contribution >= 4 is 0 Å². The van der Waals surface area contributed by atoms with Crippen molar-refractivity contribution in [1.29, 1.82) is 0 Å². The van der Waals surface area contributed by atoms with Gasteiger partial charge in [0.05, 0.1) is 18.4 Å². The van der Waals surface area contributed by atoms with E-state index < -0.39 is 0 Å². The van der Waals surface area contributed by atoms with Crippen LogP contribution in [0.15, 0.2) is 59.8 Å². The van der Waals surface area contributed by atoms with Gasteiger partial charge in [-0.2, -0.15) is 5.10 Å². The SMILES string of the molecule is CCCCc1cn(-c2c(C)cnn2C(C)C)c(=O)n1Cc1ccc(-c2ccccc2-c2nnn[nH]2)nc1. The molecule has 1 N–H and O–H groups in total. The zero-order chi connectivity index (χ0) is 25.9. The van der Waals surface area contributed by atoms with Gasteiger partial charge in [0.2, 0.25) is 0 Å². The van der Waals surface area contributed by atoms with Gasteiger partial charge in [-0.1, -0.05) is 43.7 Å². The van der Waals surface area contributed by atoms with Crippen LogP contribution < -0.4 is 5.69 Å². The molecule has 0 atom stereocenters. The second-order valence-corrected chi connectivity index (χ2v) is 9.50. The Labute approximate surface area is 215 Å². The maximum Gasteiger partial charge on any atom is 0.334 e. The van der Waals surface area contributed by atoms with Crippen LogP contribution in [0.2, 0.25) is 0 Å². The number of H-pyrrole nitrogens is 1. The second kappa shape index (κ2) is 10.3. The quantitative estimate of drug-likeness (QED) is 0.324. The molecule has 4 aromatic heterocycles. The van der Waals surface area contributed by atoms with Gasteiger partial charge in [-0.25, -0.2) is 14.6 Å². The Kier molecular flexibility index (Phi) is 6.80. The van der Waals surface area contributed by atoms with E-state index >= 15 is 0 Å². The fraction of sp³-hybridized carbons (Fsp3) is 0.333. The molecule has 0 unspecified atom stereocenters. The Bertz CT molecular complexity index is 1540. The number of hydrogen-bond donors (Lipinski definition) is 1. The number of benzene rings is 1. The molecule has 0 aliphatic carbocycles. The number of tetrazole rings is 1. The van der Waals surface area contributed by atoms with Gasteiger partial charge in [0, 0.05) is 40.8 Å². The number of aryl methyl sites for hydroxylation is 2. The molecule has 1 aromatic carbocycles. The van der Waals surface area contributed by atoms with Crippen LogP contribution in [0, 0.1) is 6.92 Å². The maximum atomic E-state index is 13.7. The van der Waals surface area contributed by atoms with Gasteiger partial charge in [-0.15, -0.1) is 5.10 Å². The van der Waals surface area contributed by atoms with Crippen molar-refractivity contribution < 1.29 is 0 Å². The number of hydrogen-bond acceptors (Lipinski definition) is 6. The van der Waals surface area contributed by atoms with Crippen molar-refractivity contribution in [2.45, 2.75) is 59.5 Å². The lowest BCUT2D eigenvalue weighted by Gasteiger charge is -2.12. The van der Waals surface area contributed by atoms with Gasteiger partial charge in [-0.3, -0.25) is 14.1 Å². The highest BCUT2D eigenvalue weighted by Crippen LogP contribution is 2.28. The van der Waals surface area contributed by atoms with Crippen molar-refractivity contribution in [3.8, 4) is 28.5 Å². The zero-order valence-corrected chi connectivity index (χ0v) is 21.6. The van der Waals surface area contributed by atoms with E-state index in [1.165, 1.54) is 0 Å². The summed E-state index contributed by atoms with van der Waals surface area (Å²) in [5.41, 5.74) is 5.48. The molecular formula is C27H31N9O. The lowest BCUT2D eigenvalue weighted by atomic mass is 10.0. The highest BCUT2D eigenvalue weighted by Gasteiger charge is 2.19. The average Bonchev–Trinajstić information content (AvgIpc) is 3.64. The third-order valence-electron chi connectivity index (χ3n) is 6.48. The van der Waals surface area contributed by atoms with Crippen LogP contribution in [0.25, 0.3) is 28.5 Å². The molecular weight excluding hydrogens is 466 g/mol. The molecule has 0 amide bonds. The van der Waals surface area contributed by atoms with Gasteiger partial charge in [0.25, 0.3) is 0 Å². The Morgan fingerprint density at radius 2 is 1.86 bits per heavy atom. The predicted octanol–water partition coefficient (Wildman–Crippen LogP) is 4.36. The molecule has 0 bridgehead atoms.